The Hall–Kier alpha value is -2.08. The topological polar surface area (TPSA) is 70.1 Å². The van der Waals surface area contributed by atoms with Crippen molar-refractivity contribution in [2.45, 2.75) is 50.8 Å². The molecule has 6 heteroatoms. The van der Waals surface area contributed by atoms with Gasteiger partial charge >= 0.3 is 12.1 Å². The number of hydrogen-bond donors (Lipinski definition) is 1. The maximum Gasteiger partial charge on any atom is 0.410 e. The second kappa shape index (κ2) is 8.34. The summed E-state index contributed by atoms with van der Waals surface area (Å²) in [6, 6.07) is 10.0. The van der Waals surface area contributed by atoms with E-state index in [1.165, 1.54) is 0 Å². The number of piperidine rings is 1. The zero-order valence-corrected chi connectivity index (χ0v) is 14.5. The van der Waals surface area contributed by atoms with Gasteiger partial charge in [0.15, 0.2) is 0 Å². The molecule has 0 unspecified atom stereocenters. The molecular weight excluding hydrogens is 320 g/mol. The molecule has 1 saturated heterocycles. The smallest absolute Gasteiger partial charge is 0.410 e. The summed E-state index contributed by atoms with van der Waals surface area (Å²) >= 11 is 0. The van der Waals surface area contributed by atoms with Gasteiger partial charge in [-0.2, -0.15) is 0 Å². The second-order valence-corrected chi connectivity index (χ2v) is 6.94. The van der Waals surface area contributed by atoms with Crippen LogP contribution < -0.4 is 0 Å². The highest BCUT2D eigenvalue weighted by Crippen LogP contribution is 2.29. The number of nitrogens with zero attached hydrogens (tertiary/aromatic N) is 2. The fourth-order valence-corrected chi connectivity index (χ4v) is 3.44. The fourth-order valence-electron chi connectivity index (χ4n) is 3.44. The summed E-state index contributed by atoms with van der Waals surface area (Å²) in [7, 11) is 0. The zero-order chi connectivity index (χ0) is 17.6. The molecule has 2 fully saturated rings. The second-order valence-electron chi connectivity index (χ2n) is 6.94. The minimum absolute atomic E-state index is 0.0439. The molecule has 1 aromatic carbocycles. The molecule has 1 aromatic rings. The van der Waals surface area contributed by atoms with Gasteiger partial charge in [-0.3, -0.25) is 9.69 Å². The van der Waals surface area contributed by atoms with Crippen molar-refractivity contribution < 1.29 is 19.4 Å². The number of carbonyl (C=O) groups excluding carboxylic acids is 1. The lowest BCUT2D eigenvalue weighted by Crippen LogP contribution is -2.50. The summed E-state index contributed by atoms with van der Waals surface area (Å²) in [5.74, 6) is -0.809. The van der Waals surface area contributed by atoms with E-state index in [1.54, 1.807) is 0 Å². The summed E-state index contributed by atoms with van der Waals surface area (Å²) in [4.78, 5) is 27.5. The molecule has 1 N–H and O–H groups in total. The maximum atomic E-state index is 12.6. The molecule has 1 saturated carbocycles. The van der Waals surface area contributed by atoms with Crippen LogP contribution in [0, 0.1) is 0 Å². The molecule has 1 heterocycles. The highest BCUT2D eigenvalue weighted by molar-refractivity contribution is 5.69. The summed E-state index contributed by atoms with van der Waals surface area (Å²) in [6.07, 6.45) is 4.76. The van der Waals surface area contributed by atoms with E-state index < -0.39 is 5.97 Å². The lowest BCUT2D eigenvalue weighted by atomic mass is 10.0. The van der Waals surface area contributed by atoms with E-state index in [0.717, 1.165) is 44.2 Å². The predicted octanol–water partition coefficient (Wildman–Crippen LogP) is 2.73. The number of carbonyl (C=O) groups is 2. The van der Waals surface area contributed by atoms with Crippen LogP contribution in [0.2, 0.25) is 0 Å². The molecule has 1 amide bonds. The van der Waals surface area contributed by atoms with Gasteiger partial charge in [0.1, 0.15) is 6.61 Å². The molecule has 2 aliphatic rings. The summed E-state index contributed by atoms with van der Waals surface area (Å²) in [5.41, 5.74) is 0.969. The third-order valence-corrected chi connectivity index (χ3v) is 4.92. The molecule has 25 heavy (non-hydrogen) atoms. The molecular formula is C19H26N2O4. The lowest BCUT2D eigenvalue weighted by Gasteiger charge is -2.37. The SMILES string of the molecule is O=C(O)CN1CCCC[C@@H]1CN(C(=O)OCc1ccccc1)C1CC1. The number of benzene rings is 1. The molecule has 1 aliphatic carbocycles. The van der Waals surface area contributed by atoms with Crippen LogP contribution in [-0.4, -0.2) is 58.7 Å². The monoisotopic (exact) mass is 346 g/mol. The highest BCUT2D eigenvalue weighted by atomic mass is 16.6. The molecule has 1 atom stereocenters. The van der Waals surface area contributed by atoms with Gasteiger partial charge in [-0.15, -0.1) is 0 Å². The van der Waals surface area contributed by atoms with Crippen molar-refractivity contribution in [3.63, 3.8) is 0 Å². The standard InChI is InChI=1S/C19H26N2O4/c22-18(23)13-20-11-5-4-8-17(20)12-21(16-9-10-16)19(24)25-14-15-6-2-1-3-7-15/h1-3,6-7,16-17H,4-5,8-14H2,(H,22,23)/t17-/m1/s1. The maximum absolute atomic E-state index is 12.6. The van der Waals surface area contributed by atoms with Gasteiger partial charge in [0.2, 0.25) is 0 Å². The fraction of sp³-hybridized carbons (Fsp3) is 0.579. The van der Waals surface area contributed by atoms with Crippen LogP contribution in [0.1, 0.15) is 37.7 Å². The summed E-state index contributed by atoms with van der Waals surface area (Å²) in [5, 5.41) is 9.11. The first-order valence-electron chi connectivity index (χ1n) is 9.06. The number of amides is 1. The Morgan fingerprint density at radius 3 is 2.60 bits per heavy atom. The van der Waals surface area contributed by atoms with Gasteiger partial charge in [0.25, 0.3) is 0 Å². The molecule has 3 rings (SSSR count). The number of carboxylic acids is 1. The van der Waals surface area contributed by atoms with Crippen molar-refractivity contribution in [3.8, 4) is 0 Å². The predicted molar refractivity (Wildman–Crippen MR) is 93.2 cm³/mol. The number of hydrogen-bond acceptors (Lipinski definition) is 4. The van der Waals surface area contributed by atoms with Crippen molar-refractivity contribution in [1.29, 1.82) is 0 Å². The van der Waals surface area contributed by atoms with Crippen LogP contribution in [0.4, 0.5) is 4.79 Å². The van der Waals surface area contributed by atoms with Crippen LogP contribution >= 0.6 is 0 Å². The van der Waals surface area contributed by atoms with Crippen molar-refractivity contribution in [1.82, 2.24) is 9.80 Å². The van der Waals surface area contributed by atoms with E-state index in [2.05, 4.69) is 0 Å². The largest absolute Gasteiger partial charge is 0.480 e. The molecule has 0 spiro atoms. The van der Waals surface area contributed by atoms with Crippen molar-refractivity contribution in [3.05, 3.63) is 35.9 Å². The highest BCUT2D eigenvalue weighted by Gasteiger charge is 2.37. The van der Waals surface area contributed by atoms with Crippen LogP contribution in [-0.2, 0) is 16.1 Å². The lowest BCUT2D eigenvalue weighted by molar-refractivity contribution is -0.139. The summed E-state index contributed by atoms with van der Waals surface area (Å²) in [6.45, 7) is 1.66. The Morgan fingerprint density at radius 2 is 1.92 bits per heavy atom. The number of aliphatic carboxylic acids is 1. The van der Waals surface area contributed by atoms with E-state index in [4.69, 9.17) is 9.84 Å². The van der Waals surface area contributed by atoms with Crippen molar-refractivity contribution >= 4 is 12.1 Å². The first-order valence-corrected chi connectivity index (χ1v) is 9.06. The average molecular weight is 346 g/mol. The first-order chi connectivity index (χ1) is 12.1. The number of rotatable bonds is 7. The molecule has 1 aliphatic heterocycles. The minimum Gasteiger partial charge on any atom is -0.480 e. The van der Waals surface area contributed by atoms with E-state index in [-0.39, 0.29) is 31.3 Å². The number of likely N-dealkylation sites (tertiary alicyclic amines) is 1. The minimum atomic E-state index is -0.809. The van der Waals surface area contributed by atoms with Gasteiger partial charge in [-0.25, -0.2) is 4.79 Å². The van der Waals surface area contributed by atoms with Crippen LogP contribution in [0.15, 0.2) is 30.3 Å². The molecule has 6 nitrogen and oxygen atoms in total. The normalized spacial score (nSPS) is 20.9. The van der Waals surface area contributed by atoms with Gasteiger partial charge in [-0.1, -0.05) is 36.8 Å². The Labute approximate surface area is 148 Å². The van der Waals surface area contributed by atoms with E-state index >= 15 is 0 Å². The van der Waals surface area contributed by atoms with E-state index in [9.17, 15) is 9.59 Å². The zero-order valence-electron chi connectivity index (χ0n) is 14.5. The number of carboxylic acid groups (broad SMARTS) is 1. The van der Waals surface area contributed by atoms with E-state index in [1.807, 2.05) is 40.1 Å². The summed E-state index contributed by atoms with van der Waals surface area (Å²) < 4.78 is 5.50. The van der Waals surface area contributed by atoms with Crippen molar-refractivity contribution in [2.24, 2.45) is 0 Å². The van der Waals surface area contributed by atoms with Gasteiger partial charge in [0.05, 0.1) is 6.54 Å². The Balaban J connectivity index is 1.58. The Bertz CT molecular complexity index is 588. The van der Waals surface area contributed by atoms with Crippen molar-refractivity contribution in [2.75, 3.05) is 19.6 Å². The molecule has 136 valence electrons. The molecule has 0 aromatic heterocycles. The third-order valence-electron chi connectivity index (χ3n) is 4.92. The number of ether oxygens (including phenoxy) is 1. The van der Waals surface area contributed by atoms with Crippen LogP contribution in [0.25, 0.3) is 0 Å². The van der Waals surface area contributed by atoms with Crippen LogP contribution in [0.5, 0.6) is 0 Å². The van der Waals surface area contributed by atoms with Gasteiger partial charge in [0, 0.05) is 18.6 Å². The Morgan fingerprint density at radius 1 is 1.16 bits per heavy atom. The molecule has 0 bridgehead atoms. The van der Waals surface area contributed by atoms with Gasteiger partial charge < -0.3 is 14.7 Å². The first kappa shape index (κ1) is 17.7. The quantitative estimate of drug-likeness (QED) is 0.822. The van der Waals surface area contributed by atoms with Gasteiger partial charge in [-0.05, 0) is 37.8 Å². The third kappa shape index (κ3) is 5.19. The Kier molecular flexibility index (Phi) is 5.91. The van der Waals surface area contributed by atoms with E-state index in [0.29, 0.717) is 6.54 Å². The van der Waals surface area contributed by atoms with Crippen LogP contribution in [0.3, 0.4) is 0 Å². The average Bonchev–Trinajstić information content (AvgIpc) is 3.44. The molecule has 0 radical (unpaired) electrons.